The minimum absolute atomic E-state index is 0.191. The van der Waals surface area contributed by atoms with Gasteiger partial charge in [-0.3, -0.25) is 4.98 Å². The summed E-state index contributed by atoms with van der Waals surface area (Å²) < 4.78 is 5.27. The van der Waals surface area contributed by atoms with E-state index >= 15 is 0 Å². The van der Waals surface area contributed by atoms with Gasteiger partial charge in [-0.15, -0.1) is 0 Å². The van der Waals surface area contributed by atoms with Crippen LogP contribution in [0.2, 0.25) is 5.02 Å². The molecule has 11 heavy (non-hydrogen) atoms. The van der Waals surface area contributed by atoms with Crippen molar-refractivity contribution in [2.45, 2.75) is 12.5 Å². The average molecular weight is 170 g/mol. The summed E-state index contributed by atoms with van der Waals surface area (Å²) in [6.07, 6.45) is 4.71. The van der Waals surface area contributed by atoms with Crippen LogP contribution in [0.1, 0.15) is 18.1 Å². The Balaban J connectivity index is 2.28. The molecule has 2 rings (SSSR count). The largest absolute Gasteiger partial charge is 0.373 e. The molecule has 2 nitrogen and oxygen atoms in total. The molecule has 2 heterocycles. The highest BCUT2D eigenvalue weighted by molar-refractivity contribution is 6.31. The van der Waals surface area contributed by atoms with Crippen molar-refractivity contribution in [2.24, 2.45) is 0 Å². The predicted molar refractivity (Wildman–Crippen MR) is 42.6 cm³/mol. The van der Waals surface area contributed by atoms with Crippen LogP contribution in [0.15, 0.2) is 18.5 Å². The minimum atomic E-state index is 0.191. The number of halogens is 1. The molecule has 0 N–H and O–H groups in total. The average Bonchev–Trinajstić information content (AvgIpc) is 1.90. The number of hydrogen-bond donors (Lipinski definition) is 0. The van der Waals surface area contributed by atoms with Crippen LogP contribution in [0.5, 0.6) is 0 Å². The summed E-state index contributed by atoms with van der Waals surface area (Å²) in [4.78, 5) is 3.98. The van der Waals surface area contributed by atoms with Crippen molar-refractivity contribution >= 4 is 11.6 Å². The first-order valence-corrected chi connectivity index (χ1v) is 3.97. The first-order chi connectivity index (χ1) is 5.38. The molecule has 1 aliphatic rings. The lowest BCUT2D eigenvalue weighted by atomic mass is 10.1. The second-order valence-corrected chi connectivity index (χ2v) is 2.95. The monoisotopic (exact) mass is 169 g/mol. The van der Waals surface area contributed by atoms with E-state index in [2.05, 4.69) is 4.98 Å². The molecule has 1 unspecified atom stereocenters. The van der Waals surface area contributed by atoms with Gasteiger partial charge in [0.15, 0.2) is 0 Å². The Morgan fingerprint density at radius 3 is 3.00 bits per heavy atom. The second kappa shape index (κ2) is 2.80. The van der Waals surface area contributed by atoms with Crippen molar-refractivity contribution in [1.82, 2.24) is 4.98 Å². The van der Waals surface area contributed by atoms with Gasteiger partial charge < -0.3 is 4.74 Å². The molecule has 1 fully saturated rings. The summed E-state index contributed by atoms with van der Waals surface area (Å²) in [7, 11) is 0. The molecule has 1 atom stereocenters. The van der Waals surface area contributed by atoms with Crippen LogP contribution < -0.4 is 0 Å². The van der Waals surface area contributed by atoms with Gasteiger partial charge in [0.05, 0.1) is 12.7 Å². The Labute approximate surface area is 70.2 Å². The molecule has 0 aromatic carbocycles. The Morgan fingerprint density at radius 1 is 1.64 bits per heavy atom. The second-order valence-electron chi connectivity index (χ2n) is 2.55. The van der Waals surface area contributed by atoms with Crippen LogP contribution >= 0.6 is 11.6 Å². The fraction of sp³-hybridized carbons (Fsp3) is 0.375. The van der Waals surface area contributed by atoms with E-state index in [0.717, 1.165) is 23.6 Å². The zero-order chi connectivity index (χ0) is 7.68. The molecule has 0 aliphatic carbocycles. The van der Waals surface area contributed by atoms with E-state index in [4.69, 9.17) is 16.3 Å². The lowest BCUT2D eigenvalue weighted by molar-refractivity contribution is -0.0528. The molecule has 58 valence electrons. The fourth-order valence-electron chi connectivity index (χ4n) is 1.11. The molecule has 0 spiro atoms. The Hall–Kier alpha value is -0.600. The van der Waals surface area contributed by atoms with E-state index in [1.807, 2.05) is 0 Å². The highest BCUT2D eigenvalue weighted by Gasteiger charge is 2.22. The SMILES string of the molecule is Clc1ccncc1C1CCO1. The first kappa shape index (κ1) is 7.07. The number of pyridine rings is 1. The summed E-state index contributed by atoms with van der Waals surface area (Å²) in [5, 5.41) is 0.754. The van der Waals surface area contributed by atoms with Crippen LogP contribution in [0, 0.1) is 0 Å². The van der Waals surface area contributed by atoms with E-state index in [0.29, 0.717) is 0 Å². The van der Waals surface area contributed by atoms with Crippen molar-refractivity contribution in [3.63, 3.8) is 0 Å². The van der Waals surface area contributed by atoms with E-state index < -0.39 is 0 Å². The van der Waals surface area contributed by atoms with Gasteiger partial charge >= 0.3 is 0 Å². The van der Waals surface area contributed by atoms with Gasteiger partial charge in [0.1, 0.15) is 0 Å². The van der Waals surface area contributed by atoms with Crippen molar-refractivity contribution in [3.05, 3.63) is 29.0 Å². The van der Waals surface area contributed by atoms with Gasteiger partial charge in [-0.2, -0.15) is 0 Å². The van der Waals surface area contributed by atoms with Gasteiger partial charge in [-0.1, -0.05) is 11.6 Å². The predicted octanol–water partition coefficient (Wildman–Crippen LogP) is 2.20. The van der Waals surface area contributed by atoms with Crippen LogP contribution in [0.4, 0.5) is 0 Å². The molecule has 0 amide bonds. The molecule has 1 aliphatic heterocycles. The van der Waals surface area contributed by atoms with E-state index in [9.17, 15) is 0 Å². The molecule has 1 aromatic heterocycles. The van der Waals surface area contributed by atoms with Gasteiger partial charge in [-0.25, -0.2) is 0 Å². The van der Waals surface area contributed by atoms with Crippen molar-refractivity contribution in [1.29, 1.82) is 0 Å². The molecular formula is C8H8ClNO. The summed E-state index contributed by atoms with van der Waals surface area (Å²) >= 11 is 5.91. The van der Waals surface area contributed by atoms with Crippen molar-refractivity contribution < 1.29 is 4.74 Å². The zero-order valence-electron chi connectivity index (χ0n) is 5.96. The smallest absolute Gasteiger partial charge is 0.0876 e. The normalized spacial score (nSPS) is 22.8. The van der Waals surface area contributed by atoms with Crippen LogP contribution in [0.3, 0.4) is 0 Å². The molecule has 3 heteroatoms. The van der Waals surface area contributed by atoms with E-state index in [-0.39, 0.29) is 6.10 Å². The zero-order valence-corrected chi connectivity index (χ0v) is 6.71. The number of nitrogens with zero attached hydrogens (tertiary/aromatic N) is 1. The molecule has 0 bridgehead atoms. The lowest BCUT2D eigenvalue weighted by Gasteiger charge is -2.26. The summed E-state index contributed by atoms with van der Waals surface area (Å²) in [5.74, 6) is 0. The maximum Gasteiger partial charge on any atom is 0.0876 e. The third-order valence-corrected chi connectivity index (χ3v) is 2.19. The number of ether oxygens (including phenoxy) is 1. The maximum absolute atomic E-state index is 5.91. The van der Waals surface area contributed by atoms with Gasteiger partial charge in [0.2, 0.25) is 0 Å². The van der Waals surface area contributed by atoms with Crippen LogP contribution in [0.25, 0.3) is 0 Å². The summed E-state index contributed by atoms with van der Waals surface area (Å²) in [6, 6.07) is 1.79. The number of aromatic nitrogens is 1. The van der Waals surface area contributed by atoms with Crippen LogP contribution in [-0.2, 0) is 4.74 Å². The standard InChI is InChI=1S/C8H8ClNO/c9-7-1-3-10-5-6(7)8-2-4-11-8/h1,3,5,8H,2,4H2. The Bertz CT molecular complexity index is 260. The third-order valence-electron chi connectivity index (χ3n) is 1.84. The highest BCUT2D eigenvalue weighted by atomic mass is 35.5. The first-order valence-electron chi connectivity index (χ1n) is 3.59. The molecule has 1 aromatic rings. The lowest BCUT2D eigenvalue weighted by Crippen LogP contribution is -2.18. The quantitative estimate of drug-likeness (QED) is 0.643. The molecule has 0 saturated carbocycles. The third kappa shape index (κ3) is 1.24. The van der Waals surface area contributed by atoms with Gasteiger partial charge in [0.25, 0.3) is 0 Å². The minimum Gasteiger partial charge on any atom is -0.373 e. The maximum atomic E-state index is 5.91. The highest BCUT2D eigenvalue weighted by Crippen LogP contribution is 2.32. The van der Waals surface area contributed by atoms with E-state index in [1.165, 1.54) is 0 Å². The van der Waals surface area contributed by atoms with Gasteiger partial charge in [-0.05, 0) is 6.07 Å². The Morgan fingerprint density at radius 2 is 2.45 bits per heavy atom. The number of rotatable bonds is 1. The molecule has 1 saturated heterocycles. The number of hydrogen-bond acceptors (Lipinski definition) is 2. The fourth-order valence-corrected chi connectivity index (χ4v) is 1.33. The van der Waals surface area contributed by atoms with E-state index in [1.54, 1.807) is 18.5 Å². The van der Waals surface area contributed by atoms with Gasteiger partial charge in [0, 0.05) is 29.4 Å². The van der Waals surface area contributed by atoms with Crippen molar-refractivity contribution in [3.8, 4) is 0 Å². The van der Waals surface area contributed by atoms with Crippen LogP contribution in [-0.4, -0.2) is 11.6 Å². The molecular weight excluding hydrogens is 162 g/mol. The summed E-state index contributed by atoms with van der Waals surface area (Å²) in [6.45, 7) is 0.843. The summed E-state index contributed by atoms with van der Waals surface area (Å²) in [5.41, 5.74) is 1.01. The topological polar surface area (TPSA) is 22.1 Å². The van der Waals surface area contributed by atoms with Crippen molar-refractivity contribution in [2.75, 3.05) is 6.61 Å². The molecule has 0 radical (unpaired) electrons. The Kier molecular flexibility index (Phi) is 1.80.